The van der Waals surface area contributed by atoms with E-state index in [0.29, 0.717) is 0 Å². The fourth-order valence-electron chi connectivity index (χ4n) is 2.40. The highest BCUT2D eigenvalue weighted by Crippen LogP contribution is 2.31. The highest BCUT2D eigenvalue weighted by molar-refractivity contribution is 5.90. The van der Waals surface area contributed by atoms with E-state index in [1.54, 1.807) is 13.4 Å². The maximum absolute atomic E-state index is 5.36. The topological polar surface area (TPSA) is 41.1 Å². The zero-order valence-electron chi connectivity index (χ0n) is 10.7. The standard InChI is InChI=1S/C14H17N3O/c1-17-5-3-10(4-6-17)12-7-11(18-2)8-13-14(12)16-9-15-13/h3,7-9H,4-6H2,1-2H3,(H,15,16). The lowest BCUT2D eigenvalue weighted by molar-refractivity contribution is 0.370. The number of imidazole rings is 1. The molecule has 0 aliphatic carbocycles. The number of fused-ring (bicyclic) bond motifs is 1. The first-order valence-corrected chi connectivity index (χ1v) is 6.17. The number of hydrogen-bond donors (Lipinski definition) is 1. The van der Waals surface area contributed by atoms with E-state index in [9.17, 15) is 0 Å². The van der Waals surface area contributed by atoms with Gasteiger partial charge in [0.2, 0.25) is 0 Å². The average Bonchev–Trinajstić information content (AvgIpc) is 2.86. The summed E-state index contributed by atoms with van der Waals surface area (Å²) in [7, 11) is 3.84. The molecule has 0 bridgehead atoms. The molecule has 2 heterocycles. The van der Waals surface area contributed by atoms with E-state index in [0.717, 1.165) is 36.3 Å². The van der Waals surface area contributed by atoms with E-state index in [4.69, 9.17) is 4.74 Å². The molecule has 94 valence electrons. The van der Waals surface area contributed by atoms with Crippen LogP contribution in [0.1, 0.15) is 12.0 Å². The number of methoxy groups -OCH3 is 1. The van der Waals surface area contributed by atoms with Gasteiger partial charge >= 0.3 is 0 Å². The summed E-state index contributed by atoms with van der Waals surface area (Å²) in [4.78, 5) is 9.89. The summed E-state index contributed by atoms with van der Waals surface area (Å²) in [6.07, 6.45) is 5.08. The molecule has 1 aromatic heterocycles. The molecule has 0 saturated carbocycles. The molecular formula is C14H17N3O. The van der Waals surface area contributed by atoms with E-state index >= 15 is 0 Å². The fraction of sp³-hybridized carbons (Fsp3) is 0.357. The molecule has 0 radical (unpaired) electrons. The van der Waals surface area contributed by atoms with E-state index < -0.39 is 0 Å². The second-order valence-corrected chi connectivity index (χ2v) is 4.72. The molecule has 0 saturated heterocycles. The van der Waals surface area contributed by atoms with Gasteiger partial charge in [0.1, 0.15) is 5.75 Å². The molecule has 1 aromatic carbocycles. The number of nitrogens with zero attached hydrogens (tertiary/aromatic N) is 2. The van der Waals surface area contributed by atoms with Crippen LogP contribution in [0.15, 0.2) is 24.5 Å². The number of benzene rings is 1. The van der Waals surface area contributed by atoms with Crippen LogP contribution in [0.25, 0.3) is 16.6 Å². The fourth-order valence-corrected chi connectivity index (χ4v) is 2.40. The van der Waals surface area contributed by atoms with Crippen molar-refractivity contribution in [2.24, 2.45) is 0 Å². The van der Waals surface area contributed by atoms with Gasteiger partial charge < -0.3 is 14.6 Å². The quantitative estimate of drug-likeness (QED) is 0.879. The van der Waals surface area contributed by atoms with Crippen LogP contribution in [0.3, 0.4) is 0 Å². The van der Waals surface area contributed by atoms with Crippen molar-refractivity contribution in [3.8, 4) is 5.75 Å². The molecule has 3 rings (SSSR count). The minimum Gasteiger partial charge on any atom is -0.497 e. The Hall–Kier alpha value is -1.81. The first-order valence-electron chi connectivity index (χ1n) is 6.17. The molecule has 18 heavy (non-hydrogen) atoms. The molecule has 0 atom stereocenters. The Morgan fingerprint density at radius 2 is 2.28 bits per heavy atom. The third-order valence-corrected chi connectivity index (χ3v) is 3.49. The number of H-pyrrole nitrogens is 1. The Bertz CT molecular complexity index is 600. The highest BCUT2D eigenvalue weighted by Gasteiger charge is 2.14. The van der Waals surface area contributed by atoms with Crippen LogP contribution in [-0.4, -0.2) is 42.1 Å². The van der Waals surface area contributed by atoms with Gasteiger partial charge in [-0.3, -0.25) is 0 Å². The first-order chi connectivity index (χ1) is 8.78. The summed E-state index contributed by atoms with van der Waals surface area (Å²) in [6, 6.07) is 4.07. The molecule has 0 spiro atoms. The molecule has 0 amide bonds. The largest absolute Gasteiger partial charge is 0.497 e. The van der Waals surface area contributed by atoms with Gasteiger partial charge in [-0.2, -0.15) is 0 Å². The summed E-state index contributed by atoms with van der Waals surface area (Å²) in [5.74, 6) is 0.876. The van der Waals surface area contributed by atoms with E-state index in [1.165, 1.54) is 11.1 Å². The van der Waals surface area contributed by atoms with Gasteiger partial charge in [0.05, 0.1) is 24.5 Å². The van der Waals surface area contributed by atoms with Crippen LogP contribution in [-0.2, 0) is 0 Å². The summed E-state index contributed by atoms with van der Waals surface area (Å²) < 4.78 is 5.36. The molecule has 0 fully saturated rings. The van der Waals surface area contributed by atoms with Gasteiger partial charge in [0.15, 0.2) is 0 Å². The lowest BCUT2D eigenvalue weighted by atomic mass is 9.98. The molecule has 1 aliphatic rings. The smallest absolute Gasteiger partial charge is 0.121 e. The lowest BCUT2D eigenvalue weighted by Crippen LogP contribution is -2.23. The van der Waals surface area contributed by atoms with Crippen LogP contribution in [0.5, 0.6) is 5.75 Å². The Labute approximate surface area is 106 Å². The van der Waals surface area contributed by atoms with Gasteiger partial charge in [-0.05, 0) is 25.1 Å². The van der Waals surface area contributed by atoms with Crippen molar-refractivity contribution in [3.05, 3.63) is 30.1 Å². The number of aromatic nitrogens is 2. The number of nitrogens with one attached hydrogen (secondary N) is 1. The van der Waals surface area contributed by atoms with Crippen LogP contribution in [0.2, 0.25) is 0 Å². The van der Waals surface area contributed by atoms with Crippen molar-refractivity contribution >= 4 is 16.6 Å². The number of rotatable bonds is 2. The lowest BCUT2D eigenvalue weighted by Gasteiger charge is -2.22. The zero-order valence-corrected chi connectivity index (χ0v) is 10.7. The van der Waals surface area contributed by atoms with Crippen LogP contribution >= 0.6 is 0 Å². The Morgan fingerprint density at radius 3 is 3.00 bits per heavy atom. The van der Waals surface area contributed by atoms with Crippen LogP contribution < -0.4 is 4.74 Å². The van der Waals surface area contributed by atoms with Gasteiger partial charge in [-0.25, -0.2) is 4.98 Å². The Balaban J connectivity index is 2.12. The minimum absolute atomic E-state index is 0.876. The summed E-state index contributed by atoms with van der Waals surface area (Å²) in [5, 5.41) is 0. The Kier molecular flexibility index (Phi) is 2.80. The van der Waals surface area contributed by atoms with Crippen LogP contribution in [0.4, 0.5) is 0 Å². The van der Waals surface area contributed by atoms with E-state index in [2.05, 4.69) is 34.1 Å². The van der Waals surface area contributed by atoms with Crippen LogP contribution in [0, 0.1) is 0 Å². The number of hydrogen-bond acceptors (Lipinski definition) is 3. The van der Waals surface area contributed by atoms with Crippen molar-refractivity contribution in [2.45, 2.75) is 6.42 Å². The molecule has 4 nitrogen and oxygen atoms in total. The normalized spacial score (nSPS) is 16.9. The second kappa shape index (κ2) is 4.46. The van der Waals surface area contributed by atoms with Crippen molar-refractivity contribution in [1.82, 2.24) is 14.9 Å². The van der Waals surface area contributed by atoms with Gasteiger partial charge in [-0.1, -0.05) is 6.08 Å². The second-order valence-electron chi connectivity index (χ2n) is 4.72. The SMILES string of the molecule is COc1cc(C2=CCN(C)CC2)c2nc[nH]c2c1. The zero-order chi connectivity index (χ0) is 12.5. The maximum atomic E-state index is 5.36. The minimum atomic E-state index is 0.876. The maximum Gasteiger partial charge on any atom is 0.121 e. The summed E-state index contributed by atoms with van der Waals surface area (Å²) in [5.41, 5.74) is 4.62. The van der Waals surface area contributed by atoms with E-state index in [-0.39, 0.29) is 0 Å². The third kappa shape index (κ3) is 1.88. The Morgan fingerprint density at radius 1 is 1.39 bits per heavy atom. The van der Waals surface area contributed by atoms with Gasteiger partial charge in [0, 0.05) is 24.7 Å². The van der Waals surface area contributed by atoms with Gasteiger partial charge in [0.25, 0.3) is 0 Å². The number of aromatic amines is 1. The highest BCUT2D eigenvalue weighted by atomic mass is 16.5. The molecule has 0 unspecified atom stereocenters. The monoisotopic (exact) mass is 243 g/mol. The third-order valence-electron chi connectivity index (χ3n) is 3.49. The summed E-state index contributed by atoms with van der Waals surface area (Å²) >= 11 is 0. The average molecular weight is 243 g/mol. The van der Waals surface area contributed by atoms with Crippen molar-refractivity contribution < 1.29 is 4.74 Å². The number of likely N-dealkylation sites (N-methyl/N-ethyl adjacent to an activating group) is 1. The summed E-state index contributed by atoms with van der Waals surface area (Å²) in [6.45, 7) is 2.09. The van der Waals surface area contributed by atoms with Crippen molar-refractivity contribution in [1.29, 1.82) is 0 Å². The molecular weight excluding hydrogens is 226 g/mol. The number of ether oxygens (including phenoxy) is 1. The first kappa shape index (κ1) is 11.3. The molecule has 2 aromatic rings. The van der Waals surface area contributed by atoms with E-state index in [1.807, 2.05) is 6.07 Å². The molecule has 1 aliphatic heterocycles. The van der Waals surface area contributed by atoms with Gasteiger partial charge in [-0.15, -0.1) is 0 Å². The van der Waals surface area contributed by atoms with Crippen molar-refractivity contribution in [2.75, 3.05) is 27.2 Å². The molecule has 1 N–H and O–H groups in total. The molecule has 4 heteroatoms. The predicted octanol–water partition coefficient (Wildman–Crippen LogP) is 2.29. The van der Waals surface area contributed by atoms with Crippen molar-refractivity contribution in [3.63, 3.8) is 0 Å². The predicted molar refractivity (Wildman–Crippen MR) is 72.7 cm³/mol.